The van der Waals surface area contributed by atoms with Gasteiger partial charge in [0.05, 0.1) is 17.0 Å². The number of aromatic nitrogens is 2. The molecule has 0 aliphatic heterocycles. The molecule has 0 saturated carbocycles. The number of carbonyl (C=O) groups is 2. The Kier molecular flexibility index (Phi) is 5.97. The molecule has 0 aliphatic carbocycles. The van der Waals surface area contributed by atoms with Crippen LogP contribution < -0.4 is 11.1 Å². The fourth-order valence-corrected chi connectivity index (χ4v) is 3.61. The summed E-state index contributed by atoms with van der Waals surface area (Å²) >= 11 is 1.16. The highest BCUT2D eigenvalue weighted by molar-refractivity contribution is 7.99. The molecule has 0 atom stereocenters. The lowest BCUT2D eigenvalue weighted by Crippen LogP contribution is -2.18. The van der Waals surface area contributed by atoms with Gasteiger partial charge in [-0.1, -0.05) is 17.8 Å². The highest BCUT2D eigenvalue weighted by Crippen LogP contribution is 2.23. The highest BCUT2D eigenvalue weighted by atomic mass is 32.2. The Labute approximate surface area is 170 Å². The molecule has 150 valence electrons. The van der Waals surface area contributed by atoms with E-state index in [4.69, 9.17) is 5.73 Å². The lowest BCUT2D eigenvalue weighted by Gasteiger charge is -2.11. The fraction of sp³-hybridized carbons (Fsp3) is 0.150. The second-order valence-corrected chi connectivity index (χ2v) is 7.38. The molecular formula is C20H18F2N4O2S. The number of hydrogen-bond donors (Lipinski definition) is 2. The second kappa shape index (κ2) is 8.44. The number of primary amides is 1. The average Bonchev–Trinajstić information content (AvgIpc) is 3.10. The zero-order valence-corrected chi connectivity index (χ0v) is 16.5. The number of nitrogens with two attached hydrogens (primary N) is 1. The Balaban J connectivity index is 1.72. The first-order valence-electron chi connectivity index (χ1n) is 8.58. The van der Waals surface area contributed by atoms with Gasteiger partial charge in [-0.25, -0.2) is 13.8 Å². The minimum atomic E-state index is -1.09. The summed E-state index contributed by atoms with van der Waals surface area (Å²) in [4.78, 5) is 27.7. The van der Waals surface area contributed by atoms with E-state index in [0.717, 1.165) is 34.6 Å². The Morgan fingerprint density at radius 1 is 1.10 bits per heavy atom. The molecular weight excluding hydrogens is 398 g/mol. The van der Waals surface area contributed by atoms with E-state index in [-0.39, 0.29) is 11.4 Å². The van der Waals surface area contributed by atoms with Crippen LogP contribution in [0.15, 0.2) is 47.9 Å². The molecule has 9 heteroatoms. The molecule has 1 aromatic heterocycles. The third-order valence-corrected chi connectivity index (χ3v) is 4.99. The number of anilines is 1. The number of rotatable bonds is 6. The van der Waals surface area contributed by atoms with Crippen LogP contribution in [0.4, 0.5) is 14.5 Å². The van der Waals surface area contributed by atoms with Gasteiger partial charge >= 0.3 is 0 Å². The van der Waals surface area contributed by atoms with Gasteiger partial charge in [-0.2, -0.15) is 0 Å². The largest absolute Gasteiger partial charge is 0.366 e. The van der Waals surface area contributed by atoms with Gasteiger partial charge in [-0.15, -0.1) is 0 Å². The maximum Gasteiger partial charge on any atom is 0.251 e. The van der Waals surface area contributed by atoms with Gasteiger partial charge in [0.1, 0.15) is 11.6 Å². The van der Waals surface area contributed by atoms with E-state index < -0.39 is 29.0 Å². The molecule has 0 bridgehead atoms. The van der Waals surface area contributed by atoms with Crippen molar-refractivity contribution in [3.05, 3.63) is 71.1 Å². The van der Waals surface area contributed by atoms with Gasteiger partial charge in [-0.05, 0) is 43.2 Å². The molecule has 2 amide bonds. The molecule has 0 fully saturated rings. The molecule has 0 spiro atoms. The van der Waals surface area contributed by atoms with Crippen LogP contribution in [0.1, 0.15) is 21.5 Å². The van der Waals surface area contributed by atoms with E-state index in [2.05, 4.69) is 16.4 Å². The molecule has 2 aromatic carbocycles. The predicted octanol–water partition coefficient (Wildman–Crippen LogP) is 3.60. The number of hydrogen-bond acceptors (Lipinski definition) is 4. The predicted molar refractivity (Wildman–Crippen MR) is 107 cm³/mol. The third kappa shape index (κ3) is 4.80. The standard InChI is InChI=1S/C20H18F2N4O2S/c1-11-5-12(2)7-13(6-11)26-4-3-24-20(26)29-10-18(27)25-17-8-14(19(23)28)15(21)9-16(17)22/h3-9H,10H2,1-2H3,(H2,23,28)(H,25,27). The van der Waals surface area contributed by atoms with Crippen molar-refractivity contribution in [2.75, 3.05) is 11.1 Å². The van der Waals surface area contributed by atoms with Gasteiger partial charge in [0.2, 0.25) is 5.91 Å². The molecule has 6 nitrogen and oxygen atoms in total. The average molecular weight is 416 g/mol. The summed E-state index contributed by atoms with van der Waals surface area (Å²) in [7, 11) is 0. The monoisotopic (exact) mass is 416 g/mol. The number of imidazole rings is 1. The van der Waals surface area contributed by atoms with Crippen molar-refractivity contribution >= 4 is 29.3 Å². The van der Waals surface area contributed by atoms with Crippen LogP contribution in [0.2, 0.25) is 0 Å². The van der Waals surface area contributed by atoms with Gasteiger partial charge in [0, 0.05) is 24.1 Å². The molecule has 29 heavy (non-hydrogen) atoms. The number of nitrogens with zero attached hydrogens (tertiary/aromatic N) is 2. The first-order valence-corrected chi connectivity index (χ1v) is 9.56. The Hall–Kier alpha value is -3.20. The van der Waals surface area contributed by atoms with Crippen molar-refractivity contribution in [1.82, 2.24) is 9.55 Å². The number of amides is 2. The fourth-order valence-electron chi connectivity index (χ4n) is 2.83. The summed E-state index contributed by atoms with van der Waals surface area (Å²) in [5, 5.41) is 2.91. The zero-order chi connectivity index (χ0) is 21.1. The molecule has 0 unspecified atom stereocenters. The second-order valence-electron chi connectivity index (χ2n) is 6.44. The Morgan fingerprint density at radius 3 is 2.45 bits per heavy atom. The first-order chi connectivity index (χ1) is 13.7. The zero-order valence-electron chi connectivity index (χ0n) is 15.7. The van der Waals surface area contributed by atoms with Crippen LogP contribution in [0.25, 0.3) is 5.69 Å². The Bertz CT molecular complexity index is 1080. The van der Waals surface area contributed by atoms with Crippen molar-refractivity contribution in [2.45, 2.75) is 19.0 Å². The van der Waals surface area contributed by atoms with Crippen LogP contribution in [-0.4, -0.2) is 27.1 Å². The molecule has 0 saturated heterocycles. The van der Waals surface area contributed by atoms with E-state index >= 15 is 0 Å². The van der Waals surface area contributed by atoms with Gasteiger partial charge in [0.25, 0.3) is 5.91 Å². The smallest absolute Gasteiger partial charge is 0.251 e. The van der Waals surface area contributed by atoms with Gasteiger partial charge < -0.3 is 11.1 Å². The summed E-state index contributed by atoms with van der Waals surface area (Å²) in [6.45, 7) is 3.98. The van der Waals surface area contributed by atoms with Crippen molar-refractivity contribution in [2.24, 2.45) is 5.73 Å². The summed E-state index contributed by atoms with van der Waals surface area (Å²) in [5.74, 6) is -3.74. The lowest BCUT2D eigenvalue weighted by atomic mass is 10.1. The van der Waals surface area contributed by atoms with Crippen LogP contribution >= 0.6 is 11.8 Å². The van der Waals surface area contributed by atoms with Crippen molar-refractivity contribution in [3.8, 4) is 5.69 Å². The van der Waals surface area contributed by atoms with E-state index in [1.165, 1.54) is 0 Å². The number of aryl methyl sites for hydroxylation is 2. The minimum Gasteiger partial charge on any atom is -0.366 e. The summed E-state index contributed by atoms with van der Waals surface area (Å²) in [6.07, 6.45) is 3.41. The van der Waals surface area contributed by atoms with Crippen molar-refractivity contribution in [3.63, 3.8) is 0 Å². The van der Waals surface area contributed by atoms with Crippen LogP contribution in [0.5, 0.6) is 0 Å². The van der Waals surface area contributed by atoms with Gasteiger partial charge in [-0.3, -0.25) is 14.2 Å². The van der Waals surface area contributed by atoms with Crippen LogP contribution in [0.3, 0.4) is 0 Å². The van der Waals surface area contributed by atoms with E-state index in [1.54, 1.807) is 12.4 Å². The van der Waals surface area contributed by atoms with Crippen molar-refractivity contribution in [1.29, 1.82) is 0 Å². The Morgan fingerprint density at radius 2 is 1.79 bits per heavy atom. The lowest BCUT2D eigenvalue weighted by molar-refractivity contribution is -0.113. The topological polar surface area (TPSA) is 90.0 Å². The summed E-state index contributed by atoms with van der Waals surface area (Å²) in [5.41, 5.74) is 7.34. The first kappa shape index (κ1) is 20.5. The maximum absolute atomic E-state index is 13.9. The maximum atomic E-state index is 13.9. The number of thioether (sulfide) groups is 1. The summed E-state index contributed by atoms with van der Waals surface area (Å²) < 4.78 is 29.3. The van der Waals surface area contributed by atoms with Crippen LogP contribution in [0, 0.1) is 25.5 Å². The third-order valence-electron chi connectivity index (χ3n) is 4.02. The number of benzene rings is 2. The van der Waals surface area contributed by atoms with E-state index in [0.29, 0.717) is 11.2 Å². The summed E-state index contributed by atoms with van der Waals surface area (Å²) in [6, 6.07) is 7.44. The minimum absolute atomic E-state index is 0.0649. The SMILES string of the molecule is Cc1cc(C)cc(-n2ccnc2SCC(=O)Nc2cc(C(N)=O)c(F)cc2F)c1. The molecule has 3 N–H and O–H groups in total. The van der Waals surface area contributed by atoms with E-state index in [9.17, 15) is 18.4 Å². The molecule has 3 aromatic rings. The molecule has 1 heterocycles. The molecule has 3 rings (SSSR count). The van der Waals surface area contributed by atoms with E-state index in [1.807, 2.05) is 30.5 Å². The number of nitrogens with one attached hydrogen (secondary N) is 1. The van der Waals surface area contributed by atoms with Gasteiger partial charge in [0.15, 0.2) is 5.16 Å². The van der Waals surface area contributed by atoms with Crippen LogP contribution in [-0.2, 0) is 4.79 Å². The quantitative estimate of drug-likeness (QED) is 0.601. The number of carbonyl (C=O) groups excluding carboxylic acids is 2. The molecule has 0 aliphatic rings. The highest BCUT2D eigenvalue weighted by Gasteiger charge is 2.16. The number of halogens is 2. The molecule has 0 radical (unpaired) electrons. The normalized spacial score (nSPS) is 10.8. The van der Waals surface area contributed by atoms with Crippen molar-refractivity contribution < 1.29 is 18.4 Å².